The van der Waals surface area contributed by atoms with Crippen LogP contribution in [-0.4, -0.2) is 34.5 Å². The lowest BCUT2D eigenvalue weighted by Crippen LogP contribution is -2.43. The monoisotopic (exact) mass is 265 g/mol. The summed E-state index contributed by atoms with van der Waals surface area (Å²) in [5.41, 5.74) is 0. The first kappa shape index (κ1) is 13.6. The molecule has 0 saturated carbocycles. The molecule has 1 unspecified atom stereocenters. The first-order valence-corrected chi connectivity index (χ1v) is 6.67. The van der Waals surface area contributed by atoms with Crippen LogP contribution in [0.15, 0.2) is 16.5 Å². The molecule has 2 heterocycles. The Hall–Kier alpha value is -1.78. The zero-order valence-corrected chi connectivity index (χ0v) is 11.1. The molecule has 0 aromatic carbocycles. The number of hydrogen-bond acceptors (Lipinski definition) is 3. The van der Waals surface area contributed by atoms with Gasteiger partial charge in [-0.05, 0) is 44.7 Å². The van der Waals surface area contributed by atoms with Gasteiger partial charge in [0.15, 0.2) is 5.76 Å². The molecular weight excluding hydrogens is 246 g/mol. The molecule has 5 heteroatoms. The predicted molar refractivity (Wildman–Crippen MR) is 69.0 cm³/mol. The quantitative estimate of drug-likeness (QED) is 0.907. The third-order valence-electron chi connectivity index (χ3n) is 3.53. The molecule has 0 aliphatic carbocycles. The fourth-order valence-electron chi connectivity index (χ4n) is 2.55. The highest BCUT2D eigenvalue weighted by atomic mass is 16.4. The smallest absolute Gasteiger partial charge is 0.303 e. The highest BCUT2D eigenvalue weighted by molar-refractivity contribution is 5.91. The van der Waals surface area contributed by atoms with E-state index in [0.29, 0.717) is 24.5 Å². The minimum Gasteiger partial charge on any atom is -0.481 e. The fraction of sp³-hybridized carbons (Fsp3) is 0.571. The third kappa shape index (κ3) is 3.36. The van der Waals surface area contributed by atoms with E-state index in [1.165, 1.54) is 0 Å². The van der Waals surface area contributed by atoms with Crippen LogP contribution in [0.1, 0.15) is 48.4 Å². The van der Waals surface area contributed by atoms with Gasteiger partial charge in [0.05, 0.1) is 0 Å². The highest BCUT2D eigenvalue weighted by Gasteiger charge is 2.29. The van der Waals surface area contributed by atoms with E-state index in [0.717, 1.165) is 19.3 Å². The number of carboxylic acids is 1. The van der Waals surface area contributed by atoms with Gasteiger partial charge < -0.3 is 14.4 Å². The fourth-order valence-corrected chi connectivity index (χ4v) is 2.55. The van der Waals surface area contributed by atoms with Crippen molar-refractivity contribution in [2.45, 2.75) is 45.1 Å². The topological polar surface area (TPSA) is 70.8 Å². The van der Waals surface area contributed by atoms with Crippen LogP contribution in [0.4, 0.5) is 0 Å². The Kier molecular flexibility index (Phi) is 4.24. The van der Waals surface area contributed by atoms with Crippen LogP contribution in [-0.2, 0) is 4.79 Å². The average molecular weight is 265 g/mol. The van der Waals surface area contributed by atoms with E-state index >= 15 is 0 Å². The van der Waals surface area contributed by atoms with Gasteiger partial charge in [0.2, 0.25) is 0 Å². The minimum absolute atomic E-state index is 0.0164. The molecule has 1 aliphatic heterocycles. The van der Waals surface area contributed by atoms with Crippen molar-refractivity contribution in [3.63, 3.8) is 0 Å². The summed E-state index contributed by atoms with van der Waals surface area (Å²) >= 11 is 0. The highest BCUT2D eigenvalue weighted by Crippen LogP contribution is 2.23. The summed E-state index contributed by atoms with van der Waals surface area (Å²) in [4.78, 5) is 24.8. The van der Waals surface area contributed by atoms with Crippen molar-refractivity contribution in [3.05, 3.63) is 23.7 Å². The molecule has 1 N–H and O–H groups in total. The van der Waals surface area contributed by atoms with Crippen molar-refractivity contribution < 1.29 is 19.1 Å². The van der Waals surface area contributed by atoms with Crippen LogP contribution in [0.25, 0.3) is 0 Å². The van der Waals surface area contributed by atoms with Crippen molar-refractivity contribution in [3.8, 4) is 0 Å². The summed E-state index contributed by atoms with van der Waals surface area (Å²) in [7, 11) is 0. The summed E-state index contributed by atoms with van der Waals surface area (Å²) in [6.07, 6.45) is 3.51. The Morgan fingerprint density at radius 1 is 1.42 bits per heavy atom. The standard InChI is InChI=1S/C14H19NO4/c1-10-5-7-12(19-10)14(18)15-9-3-2-4-11(15)6-8-13(16)17/h5,7,11H,2-4,6,8-9H2,1H3,(H,16,17). The maximum absolute atomic E-state index is 12.4. The number of carbonyl (C=O) groups is 2. The summed E-state index contributed by atoms with van der Waals surface area (Å²) in [6.45, 7) is 2.48. The van der Waals surface area contributed by atoms with Crippen LogP contribution < -0.4 is 0 Å². The molecule has 1 atom stereocenters. The molecule has 0 radical (unpaired) electrons. The number of rotatable bonds is 4. The summed E-state index contributed by atoms with van der Waals surface area (Å²) in [5.74, 6) is 0.122. The minimum atomic E-state index is -0.813. The van der Waals surface area contributed by atoms with Crippen molar-refractivity contribution >= 4 is 11.9 Å². The molecule has 1 aliphatic rings. The molecule has 19 heavy (non-hydrogen) atoms. The second-order valence-corrected chi connectivity index (χ2v) is 4.99. The van der Waals surface area contributed by atoms with E-state index in [1.807, 2.05) is 0 Å². The number of likely N-dealkylation sites (tertiary alicyclic amines) is 1. The molecule has 5 nitrogen and oxygen atoms in total. The van der Waals surface area contributed by atoms with Crippen LogP contribution in [0.2, 0.25) is 0 Å². The Balaban J connectivity index is 2.06. The number of carboxylic acid groups (broad SMARTS) is 1. The van der Waals surface area contributed by atoms with Crippen molar-refractivity contribution in [1.82, 2.24) is 4.90 Å². The van der Waals surface area contributed by atoms with Gasteiger partial charge >= 0.3 is 5.97 Å². The number of piperidine rings is 1. The van der Waals surface area contributed by atoms with Crippen LogP contribution in [0, 0.1) is 6.92 Å². The lowest BCUT2D eigenvalue weighted by Gasteiger charge is -2.35. The summed E-state index contributed by atoms with van der Waals surface area (Å²) in [5, 5.41) is 8.77. The van der Waals surface area contributed by atoms with Gasteiger partial charge in [0.1, 0.15) is 5.76 Å². The van der Waals surface area contributed by atoms with Crippen molar-refractivity contribution in [1.29, 1.82) is 0 Å². The number of aryl methyl sites for hydroxylation is 1. The van der Waals surface area contributed by atoms with Crippen LogP contribution >= 0.6 is 0 Å². The lowest BCUT2D eigenvalue weighted by molar-refractivity contribution is -0.137. The Bertz CT molecular complexity index is 466. The molecular formula is C14H19NO4. The number of amides is 1. The largest absolute Gasteiger partial charge is 0.481 e. The molecule has 1 aromatic rings. The maximum Gasteiger partial charge on any atom is 0.303 e. The van der Waals surface area contributed by atoms with E-state index < -0.39 is 5.97 Å². The molecule has 0 bridgehead atoms. The van der Waals surface area contributed by atoms with Gasteiger partial charge in [0, 0.05) is 19.0 Å². The first-order valence-electron chi connectivity index (χ1n) is 6.67. The molecule has 0 spiro atoms. The Morgan fingerprint density at radius 3 is 2.84 bits per heavy atom. The van der Waals surface area contributed by atoms with Gasteiger partial charge in [-0.15, -0.1) is 0 Å². The van der Waals surface area contributed by atoms with E-state index in [9.17, 15) is 9.59 Å². The molecule has 104 valence electrons. The van der Waals surface area contributed by atoms with Gasteiger partial charge in [-0.25, -0.2) is 0 Å². The predicted octanol–water partition coefficient (Wildman–Crippen LogP) is 2.45. The van der Waals surface area contributed by atoms with Crippen LogP contribution in [0.3, 0.4) is 0 Å². The van der Waals surface area contributed by atoms with E-state index in [1.54, 1.807) is 24.0 Å². The lowest BCUT2D eigenvalue weighted by atomic mass is 9.97. The van der Waals surface area contributed by atoms with Gasteiger partial charge in [-0.3, -0.25) is 9.59 Å². The zero-order chi connectivity index (χ0) is 13.8. The van der Waals surface area contributed by atoms with Gasteiger partial charge in [-0.1, -0.05) is 0 Å². The average Bonchev–Trinajstić information content (AvgIpc) is 2.82. The Morgan fingerprint density at radius 2 is 2.21 bits per heavy atom. The summed E-state index contributed by atoms with van der Waals surface area (Å²) < 4.78 is 5.36. The molecule has 1 saturated heterocycles. The van der Waals surface area contributed by atoms with Gasteiger partial charge in [-0.2, -0.15) is 0 Å². The van der Waals surface area contributed by atoms with Crippen molar-refractivity contribution in [2.75, 3.05) is 6.54 Å². The van der Waals surface area contributed by atoms with E-state index in [2.05, 4.69) is 0 Å². The SMILES string of the molecule is Cc1ccc(C(=O)N2CCCCC2CCC(=O)O)o1. The molecule has 1 amide bonds. The number of nitrogens with zero attached hydrogens (tertiary/aromatic N) is 1. The third-order valence-corrected chi connectivity index (χ3v) is 3.53. The van der Waals surface area contributed by atoms with Crippen molar-refractivity contribution in [2.24, 2.45) is 0 Å². The second-order valence-electron chi connectivity index (χ2n) is 4.99. The number of hydrogen-bond donors (Lipinski definition) is 1. The normalized spacial score (nSPS) is 19.4. The van der Waals surface area contributed by atoms with E-state index in [-0.39, 0.29) is 18.4 Å². The van der Waals surface area contributed by atoms with E-state index in [4.69, 9.17) is 9.52 Å². The number of carbonyl (C=O) groups excluding carboxylic acids is 1. The zero-order valence-electron chi connectivity index (χ0n) is 11.1. The number of aliphatic carboxylic acids is 1. The second kappa shape index (κ2) is 5.91. The maximum atomic E-state index is 12.4. The Labute approximate surface area is 112 Å². The molecule has 2 rings (SSSR count). The molecule has 1 aromatic heterocycles. The first-order chi connectivity index (χ1) is 9.08. The van der Waals surface area contributed by atoms with Crippen LogP contribution in [0.5, 0.6) is 0 Å². The van der Waals surface area contributed by atoms with Gasteiger partial charge in [0.25, 0.3) is 5.91 Å². The number of furan rings is 1. The summed E-state index contributed by atoms with van der Waals surface area (Å²) in [6, 6.07) is 3.46. The molecule has 1 fully saturated rings.